The Kier molecular flexibility index (Phi) is 7.04. The Bertz CT molecular complexity index is 1010. The zero-order valence-corrected chi connectivity index (χ0v) is 18.7. The zero-order valence-electron chi connectivity index (χ0n) is 17.8. The number of piperazine rings is 1. The minimum absolute atomic E-state index is 0.0378. The Morgan fingerprint density at radius 1 is 1.10 bits per heavy atom. The van der Waals surface area contributed by atoms with Crippen LogP contribution in [0.4, 0.5) is 5.69 Å². The van der Waals surface area contributed by atoms with Crippen LogP contribution in [0.5, 0.6) is 17.2 Å². The fourth-order valence-corrected chi connectivity index (χ4v) is 5.06. The molecule has 1 fully saturated rings. The van der Waals surface area contributed by atoms with Crippen molar-refractivity contribution in [3.8, 4) is 17.2 Å². The van der Waals surface area contributed by atoms with E-state index in [1.807, 2.05) is 0 Å². The molecule has 1 saturated heterocycles. The Labute approximate surface area is 182 Å². The van der Waals surface area contributed by atoms with Gasteiger partial charge in [-0.1, -0.05) is 0 Å². The normalized spacial score (nSPS) is 15.5. The maximum absolute atomic E-state index is 13.0. The van der Waals surface area contributed by atoms with Gasteiger partial charge in [0.15, 0.2) is 11.5 Å². The topological polar surface area (TPSA) is 110 Å². The number of amides is 1. The van der Waals surface area contributed by atoms with E-state index in [0.717, 1.165) is 5.56 Å². The standard InChI is InChI=1S/C21H27N3O6S/c1-15(25)22-17-4-6-18(7-5-17)31(27,28)24-10-8-23(9-11-24)14-16-12-19(29-2)21(26)20(13-16)30-3/h4-7,12-13,26H,8-11,14H2,1-3H3,(H,22,25)/p+1. The number of sulfonamides is 1. The van der Waals surface area contributed by atoms with Gasteiger partial charge in [0.25, 0.3) is 0 Å². The Hall–Kier alpha value is -2.82. The summed E-state index contributed by atoms with van der Waals surface area (Å²) in [5.74, 6) is 0.443. The van der Waals surface area contributed by atoms with Gasteiger partial charge < -0.3 is 24.8 Å². The zero-order chi connectivity index (χ0) is 22.6. The first kappa shape index (κ1) is 22.9. The van der Waals surface area contributed by atoms with Crippen molar-refractivity contribution in [2.24, 2.45) is 0 Å². The monoisotopic (exact) mass is 450 g/mol. The van der Waals surface area contributed by atoms with Gasteiger partial charge in [0, 0.05) is 18.2 Å². The second-order valence-electron chi connectivity index (χ2n) is 7.39. The predicted molar refractivity (Wildman–Crippen MR) is 115 cm³/mol. The summed E-state index contributed by atoms with van der Waals surface area (Å²) < 4.78 is 37.8. The van der Waals surface area contributed by atoms with Crippen LogP contribution in [0.25, 0.3) is 0 Å². The molecular formula is C21H28N3O6S+. The number of carbonyl (C=O) groups is 1. The molecule has 3 rings (SSSR count). The molecule has 1 aliphatic rings. The van der Waals surface area contributed by atoms with Crippen LogP contribution >= 0.6 is 0 Å². The summed E-state index contributed by atoms with van der Waals surface area (Å²) in [6.07, 6.45) is 0. The van der Waals surface area contributed by atoms with Crippen LogP contribution in [0.15, 0.2) is 41.3 Å². The summed E-state index contributed by atoms with van der Waals surface area (Å²) in [5, 5.41) is 12.7. The summed E-state index contributed by atoms with van der Waals surface area (Å²) >= 11 is 0. The second kappa shape index (κ2) is 9.54. The van der Waals surface area contributed by atoms with E-state index in [4.69, 9.17) is 9.47 Å². The van der Waals surface area contributed by atoms with Gasteiger partial charge >= 0.3 is 0 Å². The summed E-state index contributed by atoms with van der Waals surface area (Å²) in [5.41, 5.74) is 1.49. The van der Waals surface area contributed by atoms with Gasteiger partial charge in [-0.3, -0.25) is 4.79 Å². The molecule has 0 saturated carbocycles. The molecule has 0 unspecified atom stereocenters. The van der Waals surface area contributed by atoms with E-state index in [-0.39, 0.29) is 16.6 Å². The molecule has 1 amide bonds. The van der Waals surface area contributed by atoms with E-state index in [1.165, 1.54) is 42.5 Å². The molecule has 1 aliphatic heterocycles. The van der Waals surface area contributed by atoms with Gasteiger partial charge in [-0.2, -0.15) is 4.31 Å². The van der Waals surface area contributed by atoms with Gasteiger partial charge in [-0.15, -0.1) is 0 Å². The third-order valence-electron chi connectivity index (χ3n) is 5.24. The number of aromatic hydroxyl groups is 1. The van der Waals surface area contributed by atoms with E-state index in [0.29, 0.717) is 49.9 Å². The number of hydrogen-bond acceptors (Lipinski definition) is 6. The lowest BCUT2D eigenvalue weighted by atomic mass is 10.1. The van der Waals surface area contributed by atoms with Crippen LogP contribution in [0.3, 0.4) is 0 Å². The van der Waals surface area contributed by atoms with E-state index in [2.05, 4.69) is 5.32 Å². The number of carbonyl (C=O) groups excluding carboxylic acids is 1. The molecular weight excluding hydrogens is 422 g/mol. The largest absolute Gasteiger partial charge is 0.502 e. The number of nitrogens with zero attached hydrogens (tertiary/aromatic N) is 1. The summed E-state index contributed by atoms with van der Waals surface area (Å²) in [7, 11) is -0.629. The molecule has 3 N–H and O–H groups in total. The maximum atomic E-state index is 13.0. The fraction of sp³-hybridized carbons (Fsp3) is 0.381. The number of phenols is 1. The lowest BCUT2D eigenvalue weighted by Gasteiger charge is -2.31. The molecule has 0 spiro atoms. The van der Waals surface area contributed by atoms with Crippen molar-refractivity contribution < 1.29 is 32.7 Å². The SMILES string of the molecule is COc1cc(C[NH+]2CCN(S(=O)(=O)c3ccc(NC(C)=O)cc3)CC2)cc(OC)c1O. The molecule has 31 heavy (non-hydrogen) atoms. The lowest BCUT2D eigenvalue weighted by molar-refractivity contribution is -0.917. The number of rotatable bonds is 7. The van der Waals surface area contributed by atoms with E-state index >= 15 is 0 Å². The van der Waals surface area contributed by atoms with Crippen LogP contribution in [0, 0.1) is 0 Å². The average Bonchev–Trinajstić information content (AvgIpc) is 2.75. The molecule has 2 aromatic rings. The number of ether oxygens (including phenoxy) is 2. The lowest BCUT2D eigenvalue weighted by Crippen LogP contribution is -3.13. The van der Waals surface area contributed by atoms with Gasteiger partial charge in [-0.05, 0) is 36.4 Å². The molecule has 0 bridgehead atoms. The molecule has 1 heterocycles. The molecule has 0 radical (unpaired) electrons. The predicted octanol–water partition coefficient (Wildman–Crippen LogP) is 0.457. The van der Waals surface area contributed by atoms with E-state index < -0.39 is 10.0 Å². The number of methoxy groups -OCH3 is 2. The maximum Gasteiger partial charge on any atom is 0.243 e. The average molecular weight is 451 g/mol. The minimum Gasteiger partial charge on any atom is -0.502 e. The van der Waals surface area contributed by atoms with Crippen molar-refractivity contribution in [1.82, 2.24) is 4.31 Å². The van der Waals surface area contributed by atoms with Gasteiger partial charge in [-0.25, -0.2) is 8.42 Å². The molecule has 9 nitrogen and oxygen atoms in total. The number of anilines is 1. The third kappa shape index (κ3) is 5.27. The van der Waals surface area contributed by atoms with Crippen molar-refractivity contribution in [2.75, 3.05) is 45.7 Å². The summed E-state index contributed by atoms with van der Waals surface area (Å²) in [6, 6.07) is 9.72. The number of nitrogens with one attached hydrogen (secondary N) is 2. The molecule has 0 aromatic heterocycles. The second-order valence-corrected chi connectivity index (χ2v) is 9.32. The Balaban J connectivity index is 1.64. The molecule has 2 aromatic carbocycles. The molecule has 10 heteroatoms. The van der Waals surface area contributed by atoms with E-state index in [9.17, 15) is 18.3 Å². The van der Waals surface area contributed by atoms with Crippen molar-refractivity contribution in [1.29, 1.82) is 0 Å². The first-order valence-corrected chi connectivity index (χ1v) is 11.3. The highest BCUT2D eigenvalue weighted by molar-refractivity contribution is 7.89. The quantitative estimate of drug-likeness (QED) is 0.565. The van der Waals surface area contributed by atoms with Crippen LogP contribution in [0.2, 0.25) is 0 Å². The summed E-state index contributed by atoms with van der Waals surface area (Å²) in [4.78, 5) is 12.6. The first-order chi connectivity index (χ1) is 14.7. The van der Waals surface area contributed by atoms with Gasteiger partial charge in [0.2, 0.25) is 21.7 Å². The number of phenolic OH excluding ortho intramolecular Hbond substituents is 1. The molecule has 168 valence electrons. The molecule has 0 aliphatic carbocycles. The van der Waals surface area contributed by atoms with Crippen molar-refractivity contribution in [3.63, 3.8) is 0 Å². The highest BCUT2D eigenvalue weighted by Gasteiger charge is 2.30. The van der Waals surface area contributed by atoms with Crippen LogP contribution in [-0.2, 0) is 21.4 Å². The number of quaternary nitrogens is 1. The highest BCUT2D eigenvalue weighted by Crippen LogP contribution is 2.36. The van der Waals surface area contributed by atoms with E-state index in [1.54, 1.807) is 24.3 Å². The third-order valence-corrected chi connectivity index (χ3v) is 7.15. The summed E-state index contributed by atoms with van der Waals surface area (Å²) in [6.45, 7) is 4.15. The van der Waals surface area contributed by atoms with Gasteiger partial charge in [0.1, 0.15) is 6.54 Å². The number of hydrogen-bond donors (Lipinski definition) is 3. The van der Waals surface area contributed by atoms with Crippen molar-refractivity contribution in [2.45, 2.75) is 18.4 Å². The van der Waals surface area contributed by atoms with Crippen LogP contribution < -0.4 is 19.7 Å². The van der Waals surface area contributed by atoms with Crippen LogP contribution in [-0.4, -0.2) is 64.1 Å². The van der Waals surface area contributed by atoms with Gasteiger partial charge in [0.05, 0.1) is 45.3 Å². The van der Waals surface area contributed by atoms with Crippen LogP contribution in [0.1, 0.15) is 12.5 Å². The minimum atomic E-state index is -3.60. The first-order valence-electron chi connectivity index (χ1n) is 9.90. The Morgan fingerprint density at radius 2 is 1.65 bits per heavy atom. The fourth-order valence-electron chi connectivity index (χ4n) is 3.62. The van der Waals surface area contributed by atoms with Crippen molar-refractivity contribution in [3.05, 3.63) is 42.0 Å². The molecule has 0 atom stereocenters. The smallest absolute Gasteiger partial charge is 0.243 e. The number of benzene rings is 2. The Morgan fingerprint density at radius 3 is 2.13 bits per heavy atom. The van der Waals surface area contributed by atoms with Crippen molar-refractivity contribution >= 4 is 21.6 Å². The highest BCUT2D eigenvalue weighted by atomic mass is 32.2.